The maximum atomic E-state index is 11.7. The highest BCUT2D eigenvalue weighted by atomic mass is 16.5. The summed E-state index contributed by atoms with van der Waals surface area (Å²) in [5, 5.41) is 4.89. The molecule has 2 bridgehead atoms. The molecule has 0 saturated carbocycles. The lowest BCUT2D eigenvalue weighted by Crippen LogP contribution is -2.68. The predicted molar refractivity (Wildman–Crippen MR) is 64.1 cm³/mol. The molecule has 3 fully saturated rings. The average Bonchev–Trinajstić information content (AvgIpc) is 2.43. The first-order chi connectivity index (χ1) is 9.47. The quantitative estimate of drug-likeness (QED) is 0.455. The van der Waals surface area contributed by atoms with Crippen LogP contribution in [-0.4, -0.2) is 50.1 Å². The van der Waals surface area contributed by atoms with E-state index in [1.54, 1.807) is 0 Å². The average molecular weight is 280 g/mol. The number of piperazine rings is 1. The fourth-order valence-corrected chi connectivity index (χ4v) is 2.06. The van der Waals surface area contributed by atoms with Crippen molar-refractivity contribution in [2.24, 2.45) is 0 Å². The Balaban J connectivity index is 2.49. The van der Waals surface area contributed by atoms with Crippen LogP contribution in [0.25, 0.3) is 0 Å². The highest BCUT2D eigenvalue weighted by Gasteiger charge is 2.46. The summed E-state index contributed by atoms with van der Waals surface area (Å²) in [7, 11) is 2.37. The van der Waals surface area contributed by atoms with Gasteiger partial charge >= 0.3 is 11.9 Å². The summed E-state index contributed by atoms with van der Waals surface area (Å²) in [6, 6.07) is -2.05. The van der Waals surface area contributed by atoms with Gasteiger partial charge in [-0.25, -0.2) is 9.59 Å². The number of carbonyl (C=O) groups is 4. The van der Waals surface area contributed by atoms with Crippen molar-refractivity contribution in [2.75, 3.05) is 14.2 Å². The van der Waals surface area contributed by atoms with Crippen LogP contribution in [0.5, 0.6) is 0 Å². The molecule has 0 aromatic heterocycles. The van der Waals surface area contributed by atoms with Gasteiger partial charge in [0.25, 0.3) is 0 Å². The molecular weight excluding hydrogens is 268 g/mol. The lowest BCUT2D eigenvalue weighted by molar-refractivity contribution is -0.137. The van der Waals surface area contributed by atoms with Crippen molar-refractivity contribution >= 4 is 23.8 Å². The van der Waals surface area contributed by atoms with E-state index >= 15 is 0 Å². The third kappa shape index (κ3) is 2.27. The Kier molecular flexibility index (Phi) is 3.55. The highest BCUT2D eigenvalue weighted by molar-refractivity contribution is 6.07. The molecule has 8 heteroatoms. The zero-order valence-electron chi connectivity index (χ0n) is 10.8. The number of fused-ring (bicyclic) bond motifs is 3. The number of hydrogen-bond acceptors (Lipinski definition) is 6. The standard InChI is InChI=1S/C12H12N2O6/c1-19-7(15)3-5-6(4-8(16)20-2)10-12(18)13-9(5)11(17)14-10/h3-4,9-10H,1-2H3,(H,13,18)(H,14,17)/b5-3+,6-4+. The smallest absolute Gasteiger partial charge is 0.330 e. The normalized spacial score (nSPS) is 28.1. The summed E-state index contributed by atoms with van der Waals surface area (Å²) in [5.74, 6) is -2.28. The largest absolute Gasteiger partial charge is 0.466 e. The van der Waals surface area contributed by atoms with Crippen LogP contribution in [0, 0.1) is 0 Å². The Morgan fingerprint density at radius 1 is 0.900 bits per heavy atom. The Morgan fingerprint density at radius 3 is 1.55 bits per heavy atom. The van der Waals surface area contributed by atoms with E-state index in [0.29, 0.717) is 0 Å². The monoisotopic (exact) mass is 280 g/mol. The van der Waals surface area contributed by atoms with Gasteiger partial charge in [-0.15, -0.1) is 0 Å². The van der Waals surface area contributed by atoms with Crippen molar-refractivity contribution in [2.45, 2.75) is 12.1 Å². The van der Waals surface area contributed by atoms with Crippen LogP contribution >= 0.6 is 0 Å². The molecule has 20 heavy (non-hydrogen) atoms. The predicted octanol–water partition coefficient (Wildman–Crippen LogP) is -1.82. The Morgan fingerprint density at radius 2 is 1.25 bits per heavy atom. The number of amides is 2. The van der Waals surface area contributed by atoms with E-state index in [1.807, 2.05) is 0 Å². The van der Waals surface area contributed by atoms with E-state index in [2.05, 4.69) is 20.1 Å². The number of methoxy groups -OCH3 is 2. The van der Waals surface area contributed by atoms with Gasteiger partial charge in [-0.3, -0.25) is 9.59 Å². The Labute approximate surface area is 113 Å². The summed E-state index contributed by atoms with van der Waals surface area (Å²) in [5.41, 5.74) is 0.436. The molecule has 2 unspecified atom stereocenters. The van der Waals surface area contributed by atoms with Gasteiger partial charge in [0.05, 0.1) is 14.2 Å². The minimum Gasteiger partial charge on any atom is -0.466 e. The molecule has 2 amide bonds. The van der Waals surface area contributed by atoms with Gasteiger partial charge in [0.2, 0.25) is 11.8 Å². The third-order valence-corrected chi connectivity index (χ3v) is 3.00. The fraction of sp³-hybridized carbons (Fsp3) is 0.333. The second-order valence-electron chi connectivity index (χ2n) is 4.13. The zero-order valence-corrected chi connectivity index (χ0v) is 10.8. The minimum atomic E-state index is -1.03. The van der Waals surface area contributed by atoms with E-state index < -0.39 is 35.8 Å². The third-order valence-electron chi connectivity index (χ3n) is 3.00. The number of ether oxygens (including phenoxy) is 2. The molecule has 3 rings (SSSR count). The fourth-order valence-electron chi connectivity index (χ4n) is 2.06. The first-order valence-corrected chi connectivity index (χ1v) is 5.68. The molecule has 3 aliphatic rings. The van der Waals surface area contributed by atoms with Gasteiger partial charge in [-0.05, 0) is 11.1 Å². The van der Waals surface area contributed by atoms with Crippen LogP contribution in [0.2, 0.25) is 0 Å². The molecule has 0 aromatic carbocycles. The summed E-state index contributed by atoms with van der Waals surface area (Å²) < 4.78 is 9.00. The van der Waals surface area contributed by atoms with Gasteiger partial charge in [0.15, 0.2) is 0 Å². The van der Waals surface area contributed by atoms with Crippen molar-refractivity contribution in [3.63, 3.8) is 0 Å². The van der Waals surface area contributed by atoms with Crippen molar-refractivity contribution in [1.29, 1.82) is 0 Å². The van der Waals surface area contributed by atoms with Crippen molar-refractivity contribution < 1.29 is 28.7 Å². The number of piperidine rings is 2. The number of esters is 2. The molecular formula is C12H12N2O6. The first-order valence-electron chi connectivity index (χ1n) is 5.68. The van der Waals surface area contributed by atoms with Gasteiger partial charge in [-0.1, -0.05) is 0 Å². The van der Waals surface area contributed by atoms with Gasteiger partial charge in [0.1, 0.15) is 12.1 Å². The maximum absolute atomic E-state index is 11.7. The summed E-state index contributed by atoms with van der Waals surface area (Å²) in [4.78, 5) is 46.2. The highest BCUT2D eigenvalue weighted by Crippen LogP contribution is 2.28. The molecule has 2 N–H and O–H groups in total. The van der Waals surface area contributed by atoms with Gasteiger partial charge < -0.3 is 20.1 Å². The Hall–Kier alpha value is -2.64. The first kappa shape index (κ1) is 13.8. The van der Waals surface area contributed by atoms with Gasteiger partial charge in [0, 0.05) is 12.2 Å². The van der Waals surface area contributed by atoms with Crippen LogP contribution in [0.3, 0.4) is 0 Å². The molecule has 8 nitrogen and oxygen atoms in total. The van der Waals surface area contributed by atoms with Crippen LogP contribution in [0.15, 0.2) is 23.3 Å². The molecule has 3 saturated heterocycles. The SMILES string of the molecule is COC(=O)/C=C1\C(=C/C(=O)OC)C2NC(=O)C1NC2=O. The molecule has 2 atom stereocenters. The van der Waals surface area contributed by atoms with Crippen LogP contribution in [-0.2, 0) is 28.7 Å². The van der Waals surface area contributed by atoms with E-state index in [-0.39, 0.29) is 11.1 Å². The second-order valence-corrected chi connectivity index (χ2v) is 4.13. The zero-order chi connectivity index (χ0) is 14.9. The van der Waals surface area contributed by atoms with E-state index in [1.165, 1.54) is 14.2 Å². The van der Waals surface area contributed by atoms with E-state index in [0.717, 1.165) is 12.2 Å². The number of hydrogen-bond donors (Lipinski definition) is 2. The molecule has 0 aliphatic carbocycles. The van der Waals surface area contributed by atoms with Crippen molar-refractivity contribution in [3.05, 3.63) is 23.3 Å². The number of rotatable bonds is 2. The minimum absolute atomic E-state index is 0.218. The molecule has 3 heterocycles. The van der Waals surface area contributed by atoms with Crippen LogP contribution < -0.4 is 10.6 Å². The van der Waals surface area contributed by atoms with Crippen molar-refractivity contribution in [3.8, 4) is 0 Å². The number of nitrogens with one attached hydrogen (secondary N) is 2. The lowest BCUT2D eigenvalue weighted by atomic mass is 9.83. The van der Waals surface area contributed by atoms with Crippen molar-refractivity contribution in [1.82, 2.24) is 10.6 Å². The molecule has 0 aromatic rings. The molecule has 106 valence electrons. The number of carbonyl (C=O) groups excluding carboxylic acids is 4. The Bertz CT molecular complexity index is 512. The summed E-state index contributed by atoms with van der Waals surface area (Å²) >= 11 is 0. The lowest BCUT2D eigenvalue weighted by Gasteiger charge is -2.39. The maximum Gasteiger partial charge on any atom is 0.330 e. The van der Waals surface area contributed by atoms with Crippen LogP contribution in [0.1, 0.15) is 0 Å². The molecule has 0 radical (unpaired) electrons. The molecule has 0 spiro atoms. The molecule has 3 aliphatic heterocycles. The van der Waals surface area contributed by atoms with E-state index in [9.17, 15) is 19.2 Å². The second kappa shape index (κ2) is 5.16. The topological polar surface area (TPSA) is 111 Å². The summed E-state index contributed by atoms with van der Waals surface area (Å²) in [6.07, 6.45) is 2.15. The van der Waals surface area contributed by atoms with Crippen LogP contribution in [0.4, 0.5) is 0 Å². The summed E-state index contributed by atoms with van der Waals surface area (Å²) in [6.45, 7) is 0. The van der Waals surface area contributed by atoms with Gasteiger partial charge in [-0.2, -0.15) is 0 Å². The van der Waals surface area contributed by atoms with E-state index in [4.69, 9.17) is 0 Å².